The van der Waals surface area contributed by atoms with Gasteiger partial charge in [0, 0.05) is 0 Å². The van der Waals surface area contributed by atoms with Crippen molar-refractivity contribution in [3.63, 3.8) is 0 Å². The zero-order valence-corrected chi connectivity index (χ0v) is 9.99. The van der Waals surface area contributed by atoms with Gasteiger partial charge in [-0.3, -0.25) is 4.79 Å². The number of carbonyl (C=O) groups excluding carboxylic acids is 1. The molecule has 19 heavy (non-hydrogen) atoms. The van der Waals surface area contributed by atoms with Crippen molar-refractivity contribution in [2.24, 2.45) is 0 Å². The largest absolute Gasteiger partial charge is 0.414 e. The lowest BCUT2D eigenvalue weighted by Crippen LogP contribution is -2.32. The summed E-state index contributed by atoms with van der Waals surface area (Å²) >= 11 is 0. The SMILES string of the molecule is CC(OCC(=O)Nc1ccccc1C#N)C(F)(F)F. The number of nitrogens with zero attached hydrogens (tertiary/aromatic N) is 1. The molecule has 0 spiro atoms. The van der Waals surface area contributed by atoms with Crippen LogP contribution in [0.1, 0.15) is 12.5 Å². The maximum atomic E-state index is 12.1. The van der Waals surface area contributed by atoms with Gasteiger partial charge in [0.15, 0.2) is 6.10 Å². The molecule has 0 bridgehead atoms. The Balaban J connectivity index is 2.55. The van der Waals surface area contributed by atoms with E-state index in [1.807, 2.05) is 6.07 Å². The molecule has 0 radical (unpaired) electrons. The van der Waals surface area contributed by atoms with Crippen LogP contribution in [0.3, 0.4) is 0 Å². The van der Waals surface area contributed by atoms with Gasteiger partial charge in [-0.05, 0) is 19.1 Å². The standard InChI is InChI=1S/C12H11F3N2O2/c1-8(12(13,14)15)19-7-11(18)17-10-5-3-2-4-9(10)6-16/h2-5,8H,7H2,1H3,(H,17,18). The first-order chi connectivity index (χ1) is 8.84. The summed E-state index contributed by atoms with van der Waals surface area (Å²) in [5, 5.41) is 11.1. The van der Waals surface area contributed by atoms with E-state index < -0.39 is 24.8 Å². The molecule has 1 aromatic carbocycles. The maximum Gasteiger partial charge on any atom is 0.414 e. The molecule has 1 amide bonds. The van der Waals surface area contributed by atoms with Gasteiger partial charge in [0.2, 0.25) is 5.91 Å². The molecule has 0 saturated heterocycles. The Bertz CT molecular complexity index is 494. The molecule has 0 fully saturated rings. The Hall–Kier alpha value is -2.07. The number of anilines is 1. The van der Waals surface area contributed by atoms with Gasteiger partial charge in [0.25, 0.3) is 0 Å². The summed E-state index contributed by atoms with van der Waals surface area (Å²) in [4.78, 5) is 11.4. The molecule has 102 valence electrons. The first kappa shape index (κ1) is 15.0. The zero-order valence-electron chi connectivity index (χ0n) is 9.99. The van der Waals surface area contributed by atoms with E-state index in [4.69, 9.17) is 5.26 Å². The normalized spacial score (nSPS) is 12.6. The predicted molar refractivity (Wildman–Crippen MR) is 61.3 cm³/mol. The van der Waals surface area contributed by atoms with E-state index in [1.165, 1.54) is 12.1 Å². The lowest BCUT2D eigenvalue weighted by Gasteiger charge is -2.16. The van der Waals surface area contributed by atoms with E-state index in [1.54, 1.807) is 12.1 Å². The monoisotopic (exact) mass is 272 g/mol. The van der Waals surface area contributed by atoms with Crippen molar-refractivity contribution in [2.45, 2.75) is 19.2 Å². The summed E-state index contributed by atoms with van der Waals surface area (Å²) in [5.74, 6) is -0.751. The van der Waals surface area contributed by atoms with Crippen molar-refractivity contribution in [1.29, 1.82) is 5.26 Å². The molecule has 0 saturated carbocycles. The third-order valence-electron chi connectivity index (χ3n) is 2.25. The highest BCUT2D eigenvalue weighted by Gasteiger charge is 2.37. The van der Waals surface area contributed by atoms with Crippen LogP contribution in [-0.2, 0) is 9.53 Å². The van der Waals surface area contributed by atoms with E-state index in [0.29, 0.717) is 0 Å². The minimum absolute atomic E-state index is 0.222. The molecule has 0 aliphatic carbocycles. The number of halogens is 3. The average Bonchev–Trinajstić information content (AvgIpc) is 2.35. The van der Waals surface area contributed by atoms with Crippen LogP contribution in [0.15, 0.2) is 24.3 Å². The highest BCUT2D eigenvalue weighted by molar-refractivity contribution is 5.92. The lowest BCUT2D eigenvalue weighted by molar-refractivity contribution is -0.213. The van der Waals surface area contributed by atoms with E-state index in [2.05, 4.69) is 10.1 Å². The van der Waals surface area contributed by atoms with Crippen LogP contribution in [0.4, 0.5) is 18.9 Å². The summed E-state index contributed by atoms with van der Waals surface area (Å²) in [5.41, 5.74) is 0.456. The minimum Gasteiger partial charge on any atom is -0.359 e. The maximum absolute atomic E-state index is 12.1. The van der Waals surface area contributed by atoms with Crippen molar-refractivity contribution in [3.05, 3.63) is 29.8 Å². The molecule has 1 aromatic rings. The number of hydrogen-bond acceptors (Lipinski definition) is 3. The minimum atomic E-state index is -4.51. The molecule has 0 aliphatic heterocycles. The van der Waals surface area contributed by atoms with Gasteiger partial charge in [-0.2, -0.15) is 18.4 Å². The molecule has 1 N–H and O–H groups in total. The van der Waals surface area contributed by atoms with Crippen molar-refractivity contribution in [1.82, 2.24) is 0 Å². The molecular weight excluding hydrogens is 261 g/mol. The summed E-state index contributed by atoms with van der Waals surface area (Å²) in [6, 6.07) is 8.01. The van der Waals surface area contributed by atoms with E-state index in [0.717, 1.165) is 6.92 Å². The van der Waals surface area contributed by atoms with Gasteiger partial charge < -0.3 is 10.1 Å². The number of carbonyl (C=O) groups is 1. The number of nitrogens with one attached hydrogen (secondary N) is 1. The summed E-state index contributed by atoms with van der Waals surface area (Å²) in [6.45, 7) is 0.0803. The fourth-order valence-electron chi connectivity index (χ4n) is 1.17. The number of benzene rings is 1. The molecular formula is C12H11F3N2O2. The number of alkyl halides is 3. The van der Waals surface area contributed by atoms with Crippen molar-refractivity contribution < 1.29 is 22.7 Å². The number of amides is 1. The first-order valence-electron chi connectivity index (χ1n) is 5.32. The van der Waals surface area contributed by atoms with E-state index >= 15 is 0 Å². The van der Waals surface area contributed by atoms with Gasteiger partial charge in [-0.25, -0.2) is 0 Å². The molecule has 0 heterocycles. The van der Waals surface area contributed by atoms with Crippen LogP contribution in [-0.4, -0.2) is 24.8 Å². The van der Waals surface area contributed by atoms with Crippen LogP contribution >= 0.6 is 0 Å². The second-order valence-corrected chi connectivity index (χ2v) is 3.70. The van der Waals surface area contributed by atoms with Gasteiger partial charge in [0.1, 0.15) is 12.7 Å². The highest BCUT2D eigenvalue weighted by atomic mass is 19.4. The van der Waals surface area contributed by atoms with Crippen LogP contribution in [0.5, 0.6) is 0 Å². The molecule has 0 aliphatic rings. The van der Waals surface area contributed by atoms with Crippen molar-refractivity contribution in [2.75, 3.05) is 11.9 Å². The van der Waals surface area contributed by atoms with Gasteiger partial charge in [-0.15, -0.1) is 0 Å². The fraction of sp³-hybridized carbons (Fsp3) is 0.333. The number of rotatable bonds is 4. The van der Waals surface area contributed by atoms with Gasteiger partial charge in [-0.1, -0.05) is 12.1 Å². The van der Waals surface area contributed by atoms with Crippen LogP contribution in [0.2, 0.25) is 0 Å². The topological polar surface area (TPSA) is 62.1 Å². The molecule has 1 unspecified atom stereocenters. The zero-order chi connectivity index (χ0) is 14.5. The third kappa shape index (κ3) is 4.60. The lowest BCUT2D eigenvalue weighted by atomic mass is 10.2. The van der Waals surface area contributed by atoms with E-state index in [-0.39, 0.29) is 11.3 Å². The summed E-state index contributed by atoms with van der Waals surface area (Å²) in [7, 11) is 0. The van der Waals surface area contributed by atoms with Crippen LogP contribution in [0.25, 0.3) is 0 Å². The second kappa shape index (κ2) is 6.20. The summed E-state index contributed by atoms with van der Waals surface area (Å²) < 4.78 is 40.8. The Morgan fingerprint density at radius 2 is 2.11 bits per heavy atom. The van der Waals surface area contributed by atoms with Gasteiger partial charge >= 0.3 is 6.18 Å². The fourth-order valence-corrected chi connectivity index (χ4v) is 1.17. The number of hydrogen-bond donors (Lipinski definition) is 1. The number of nitriles is 1. The quantitative estimate of drug-likeness (QED) is 0.915. The number of para-hydroxylation sites is 1. The third-order valence-corrected chi connectivity index (χ3v) is 2.25. The molecule has 1 atom stereocenters. The average molecular weight is 272 g/mol. The Morgan fingerprint density at radius 1 is 1.47 bits per heavy atom. The molecule has 0 aromatic heterocycles. The number of ether oxygens (including phenoxy) is 1. The van der Waals surface area contributed by atoms with Crippen molar-refractivity contribution in [3.8, 4) is 6.07 Å². The summed E-state index contributed by atoms with van der Waals surface area (Å²) in [6.07, 6.45) is -6.53. The smallest absolute Gasteiger partial charge is 0.359 e. The van der Waals surface area contributed by atoms with Gasteiger partial charge in [0.05, 0.1) is 11.3 Å². The molecule has 4 nitrogen and oxygen atoms in total. The molecule has 7 heteroatoms. The van der Waals surface area contributed by atoms with Crippen LogP contribution < -0.4 is 5.32 Å². The Labute approximate surface area is 107 Å². The molecule has 1 rings (SSSR count). The first-order valence-corrected chi connectivity index (χ1v) is 5.32. The second-order valence-electron chi connectivity index (χ2n) is 3.70. The van der Waals surface area contributed by atoms with Crippen LogP contribution in [0, 0.1) is 11.3 Å². The van der Waals surface area contributed by atoms with E-state index in [9.17, 15) is 18.0 Å². The van der Waals surface area contributed by atoms with Crippen molar-refractivity contribution >= 4 is 11.6 Å². The highest BCUT2D eigenvalue weighted by Crippen LogP contribution is 2.22. The Morgan fingerprint density at radius 3 is 2.68 bits per heavy atom. The predicted octanol–water partition coefficient (Wildman–Crippen LogP) is 2.46. The Kier molecular flexibility index (Phi) is 4.89.